The van der Waals surface area contributed by atoms with Crippen LogP contribution in [0.4, 0.5) is 0 Å². The van der Waals surface area contributed by atoms with Crippen molar-refractivity contribution in [3.05, 3.63) is 43.1 Å². The first-order valence-corrected chi connectivity index (χ1v) is 4.39. The minimum atomic E-state index is 0.918. The molecule has 65 valence electrons. The number of rotatable bonds is 2. The van der Waals surface area contributed by atoms with Gasteiger partial charge in [-0.25, -0.2) is 0 Å². The first-order chi connectivity index (χ1) is 6.42. The first-order valence-electron chi connectivity index (χ1n) is 4.39. The summed E-state index contributed by atoms with van der Waals surface area (Å²) in [6.07, 6.45) is 5.53. The molecule has 13 heavy (non-hydrogen) atoms. The van der Waals surface area contributed by atoms with Crippen molar-refractivity contribution in [1.82, 2.24) is 10.2 Å². The predicted molar refractivity (Wildman–Crippen MR) is 53.2 cm³/mol. The van der Waals surface area contributed by atoms with Crippen LogP contribution in [0.3, 0.4) is 0 Å². The molecular formula is C11H11N2. The molecule has 2 heteroatoms. The largest absolute Gasteiger partial charge is 0.158 e. The number of fused-ring (bicyclic) bond motifs is 1. The average molecular weight is 171 g/mol. The maximum absolute atomic E-state index is 3.89. The van der Waals surface area contributed by atoms with Gasteiger partial charge in [0.05, 0.1) is 12.4 Å². The molecule has 1 aromatic heterocycles. The molecule has 1 heterocycles. The molecule has 0 unspecified atom stereocenters. The molecule has 2 aromatic rings. The monoisotopic (exact) mass is 171 g/mol. The molecule has 0 N–H and O–H groups in total. The lowest BCUT2D eigenvalue weighted by Gasteiger charge is -2.02. The highest BCUT2D eigenvalue weighted by Crippen LogP contribution is 2.17. The van der Waals surface area contributed by atoms with Crippen LogP contribution < -0.4 is 0 Å². The highest BCUT2D eigenvalue weighted by atomic mass is 15.1. The van der Waals surface area contributed by atoms with Gasteiger partial charge in [-0.15, -0.1) is 0 Å². The molecule has 0 atom stereocenters. The second-order valence-corrected chi connectivity index (χ2v) is 3.01. The zero-order chi connectivity index (χ0) is 9.10. The molecule has 0 saturated carbocycles. The fraction of sp³-hybridized carbons (Fsp3) is 0.182. The van der Waals surface area contributed by atoms with Crippen molar-refractivity contribution in [3.8, 4) is 0 Å². The summed E-state index contributed by atoms with van der Waals surface area (Å²) in [5.41, 5.74) is 1.31. The molecule has 0 fully saturated rings. The molecule has 0 aliphatic heterocycles. The van der Waals surface area contributed by atoms with E-state index in [1.54, 1.807) is 6.20 Å². The first kappa shape index (κ1) is 8.17. The minimum absolute atomic E-state index is 0.918. The van der Waals surface area contributed by atoms with E-state index in [4.69, 9.17) is 0 Å². The number of hydrogen-bond acceptors (Lipinski definition) is 2. The highest BCUT2D eigenvalue weighted by molar-refractivity contribution is 5.83. The standard InChI is InChI=1S/C11H11N2/c1-2-4-9-5-3-6-10-7-12-13-8-11(9)10/h3,5-8H,1-2,4H2. The smallest absolute Gasteiger partial charge is 0.0577 e. The van der Waals surface area contributed by atoms with Crippen LogP contribution in [-0.2, 0) is 6.42 Å². The van der Waals surface area contributed by atoms with Gasteiger partial charge in [-0.1, -0.05) is 25.1 Å². The van der Waals surface area contributed by atoms with E-state index in [9.17, 15) is 0 Å². The Labute approximate surface area is 77.6 Å². The Balaban J connectivity index is 2.61. The van der Waals surface area contributed by atoms with E-state index < -0.39 is 0 Å². The zero-order valence-corrected chi connectivity index (χ0v) is 7.40. The maximum atomic E-state index is 3.89. The van der Waals surface area contributed by atoms with E-state index in [1.165, 1.54) is 10.9 Å². The van der Waals surface area contributed by atoms with Gasteiger partial charge >= 0.3 is 0 Å². The van der Waals surface area contributed by atoms with Crippen molar-refractivity contribution >= 4 is 10.8 Å². The van der Waals surface area contributed by atoms with E-state index in [-0.39, 0.29) is 0 Å². The fourth-order valence-corrected chi connectivity index (χ4v) is 1.50. The van der Waals surface area contributed by atoms with Gasteiger partial charge in [0.15, 0.2) is 0 Å². The van der Waals surface area contributed by atoms with E-state index >= 15 is 0 Å². The van der Waals surface area contributed by atoms with E-state index in [2.05, 4.69) is 35.3 Å². The van der Waals surface area contributed by atoms with Crippen LogP contribution in [0.15, 0.2) is 30.6 Å². The van der Waals surface area contributed by atoms with Gasteiger partial charge in [0.1, 0.15) is 0 Å². The van der Waals surface area contributed by atoms with E-state index in [0.29, 0.717) is 0 Å². The van der Waals surface area contributed by atoms with Crippen LogP contribution in [0.1, 0.15) is 12.0 Å². The summed E-state index contributed by atoms with van der Waals surface area (Å²) < 4.78 is 0. The van der Waals surface area contributed by atoms with Gasteiger partial charge in [-0.2, -0.15) is 10.2 Å². The molecule has 0 amide bonds. The lowest BCUT2D eigenvalue weighted by atomic mass is 10.0. The Morgan fingerprint density at radius 2 is 2.00 bits per heavy atom. The second-order valence-electron chi connectivity index (χ2n) is 3.01. The Hall–Kier alpha value is -1.44. The van der Waals surface area contributed by atoms with Crippen molar-refractivity contribution in [3.63, 3.8) is 0 Å². The van der Waals surface area contributed by atoms with Crippen LogP contribution in [-0.4, -0.2) is 10.2 Å². The summed E-state index contributed by atoms with van der Waals surface area (Å²) >= 11 is 0. The molecule has 2 nitrogen and oxygen atoms in total. The molecule has 2 rings (SSSR count). The van der Waals surface area contributed by atoms with E-state index in [1.807, 2.05) is 6.20 Å². The van der Waals surface area contributed by atoms with Gasteiger partial charge in [-0.05, 0) is 18.4 Å². The van der Waals surface area contributed by atoms with Gasteiger partial charge in [-0.3, -0.25) is 0 Å². The fourth-order valence-electron chi connectivity index (χ4n) is 1.50. The van der Waals surface area contributed by atoms with E-state index in [0.717, 1.165) is 18.2 Å². The molecule has 1 radical (unpaired) electrons. The summed E-state index contributed by atoms with van der Waals surface area (Å²) in [5, 5.41) is 10.1. The molecule has 0 aliphatic carbocycles. The molecule has 0 saturated heterocycles. The van der Waals surface area contributed by atoms with Gasteiger partial charge in [0.25, 0.3) is 0 Å². The van der Waals surface area contributed by atoms with Crippen LogP contribution in [0.5, 0.6) is 0 Å². The lowest BCUT2D eigenvalue weighted by molar-refractivity contribution is 1.000. The number of aryl methyl sites for hydroxylation is 1. The Morgan fingerprint density at radius 3 is 2.85 bits per heavy atom. The Bertz CT molecular complexity index is 404. The average Bonchev–Trinajstić information content (AvgIpc) is 2.19. The van der Waals surface area contributed by atoms with Crippen molar-refractivity contribution in [2.75, 3.05) is 0 Å². The third-order valence-electron chi connectivity index (χ3n) is 2.13. The SMILES string of the molecule is [CH2]CCc1cccc2cnncc12. The maximum Gasteiger partial charge on any atom is 0.0577 e. The summed E-state index contributed by atoms with van der Waals surface area (Å²) in [7, 11) is 0. The van der Waals surface area contributed by atoms with Gasteiger partial charge in [0.2, 0.25) is 0 Å². The van der Waals surface area contributed by atoms with Crippen molar-refractivity contribution in [2.45, 2.75) is 12.8 Å². The lowest BCUT2D eigenvalue weighted by Crippen LogP contribution is -1.88. The molecule has 0 bridgehead atoms. The van der Waals surface area contributed by atoms with Gasteiger partial charge in [0, 0.05) is 10.8 Å². The van der Waals surface area contributed by atoms with Crippen LogP contribution >= 0.6 is 0 Å². The normalized spacial score (nSPS) is 10.5. The zero-order valence-electron chi connectivity index (χ0n) is 7.40. The molecule has 1 aromatic carbocycles. The molecular weight excluding hydrogens is 160 g/mol. The predicted octanol–water partition coefficient (Wildman–Crippen LogP) is 2.40. The van der Waals surface area contributed by atoms with Crippen molar-refractivity contribution < 1.29 is 0 Å². The number of hydrogen-bond donors (Lipinski definition) is 0. The third-order valence-corrected chi connectivity index (χ3v) is 2.13. The highest BCUT2D eigenvalue weighted by Gasteiger charge is 1.98. The van der Waals surface area contributed by atoms with Crippen molar-refractivity contribution in [1.29, 1.82) is 0 Å². The summed E-state index contributed by atoms with van der Waals surface area (Å²) in [6, 6.07) is 6.22. The number of aromatic nitrogens is 2. The molecule has 0 spiro atoms. The summed E-state index contributed by atoms with van der Waals surface area (Å²) in [4.78, 5) is 0. The summed E-state index contributed by atoms with van der Waals surface area (Å²) in [5.74, 6) is 0. The van der Waals surface area contributed by atoms with Crippen molar-refractivity contribution in [2.24, 2.45) is 0 Å². The Kier molecular flexibility index (Phi) is 2.21. The topological polar surface area (TPSA) is 25.8 Å². The number of benzene rings is 1. The summed E-state index contributed by atoms with van der Waals surface area (Å²) in [6.45, 7) is 3.85. The second kappa shape index (κ2) is 3.52. The van der Waals surface area contributed by atoms with Crippen LogP contribution in [0, 0.1) is 6.92 Å². The molecule has 0 aliphatic rings. The quantitative estimate of drug-likeness (QED) is 0.693. The minimum Gasteiger partial charge on any atom is -0.158 e. The Morgan fingerprint density at radius 1 is 1.15 bits per heavy atom. The van der Waals surface area contributed by atoms with Crippen LogP contribution in [0.25, 0.3) is 10.8 Å². The van der Waals surface area contributed by atoms with Gasteiger partial charge < -0.3 is 0 Å². The number of nitrogens with zero attached hydrogens (tertiary/aromatic N) is 2. The third kappa shape index (κ3) is 1.52. The van der Waals surface area contributed by atoms with Crippen LogP contribution in [0.2, 0.25) is 0 Å².